The lowest BCUT2D eigenvalue weighted by atomic mass is 9.69. The number of nitrogens with one attached hydrogen (secondary N) is 1. The molecule has 0 unspecified atom stereocenters. The molecule has 0 spiro atoms. The van der Waals surface area contributed by atoms with Crippen LogP contribution < -0.4 is 10.2 Å². The quantitative estimate of drug-likeness (QED) is 0.611. The molecular weight excluding hydrogens is 405 g/mol. The van der Waals surface area contributed by atoms with E-state index in [0.29, 0.717) is 13.1 Å². The molecule has 1 aliphatic carbocycles. The first-order valence-electron chi connectivity index (χ1n) is 11.3. The second kappa shape index (κ2) is 11.4. The van der Waals surface area contributed by atoms with Gasteiger partial charge < -0.3 is 10.2 Å². The molecule has 3 rings (SSSR count). The summed E-state index contributed by atoms with van der Waals surface area (Å²) >= 11 is 0. The van der Waals surface area contributed by atoms with Crippen LogP contribution in [-0.4, -0.2) is 24.9 Å². The number of nitrogens with zero attached hydrogens (tertiary/aromatic N) is 2. The van der Waals surface area contributed by atoms with Crippen LogP contribution in [0.15, 0.2) is 54.6 Å². The molecule has 6 heteroatoms. The number of rotatable bonds is 9. The molecule has 0 radical (unpaired) electrons. The van der Waals surface area contributed by atoms with Gasteiger partial charge in [0, 0.05) is 37.0 Å². The predicted octanol–water partition coefficient (Wildman–Crippen LogP) is 4.87. The van der Waals surface area contributed by atoms with Crippen LogP contribution in [0.2, 0.25) is 0 Å². The fourth-order valence-electron chi connectivity index (χ4n) is 4.48. The molecular formula is C26H30FN3O2. The minimum Gasteiger partial charge on any atom is -0.355 e. The second-order valence-corrected chi connectivity index (χ2v) is 8.41. The van der Waals surface area contributed by atoms with Gasteiger partial charge in [0.25, 0.3) is 0 Å². The van der Waals surface area contributed by atoms with E-state index in [-0.39, 0.29) is 42.3 Å². The molecule has 2 amide bonds. The highest BCUT2D eigenvalue weighted by Gasteiger charge is 2.34. The van der Waals surface area contributed by atoms with Crippen molar-refractivity contribution in [2.75, 3.05) is 18.0 Å². The van der Waals surface area contributed by atoms with Gasteiger partial charge in [-0.3, -0.25) is 9.59 Å². The third-order valence-corrected chi connectivity index (χ3v) is 6.27. The number of benzene rings is 2. The van der Waals surface area contributed by atoms with Crippen LogP contribution in [0.5, 0.6) is 0 Å². The molecule has 5 nitrogen and oxygen atoms in total. The fraction of sp³-hybridized carbons (Fsp3) is 0.423. The molecule has 0 heterocycles. The summed E-state index contributed by atoms with van der Waals surface area (Å²) in [6, 6.07) is 17.9. The van der Waals surface area contributed by atoms with Gasteiger partial charge in [0.2, 0.25) is 11.8 Å². The van der Waals surface area contributed by atoms with Gasteiger partial charge in [0.15, 0.2) is 0 Å². The van der Waals surface area contributed by atoms with Crippen LogP contribution in [0, 0.1) is 17.1 Å². The maximum Gasteiger partial charge on any atom is 0.227 e. The van der Waals surface area contributed by atoms with Gasteiger partial charge in [-0.15, -0.1) is 0 Å². The van der Waals surface area contributed by atoms with Crippen LogP contribution in [-0.2, 0) is 15.0 Å². The number of carbonyl (C=O) groups excluding carboxylic acids is 2. The molecule has 1 N–H and O–H groups in total. The van der Waals surface area contributed by atoms with Crippen molar-refractivity contribution in [1.82, 2.24) is 5.32 Å². The molecule has 0 aromatic heterocycles. The average Bonchev–Trinajstić information content (AvgIpc) is 2.83. The Morgan fingerprint density at radius 1 is 1.00 bits per heavy atom. The zero-order valence-electron chi connectivity index (χ0n) is 18.4. The molecule has 2 aromatic rings. The summed E-state index contributed by atoms with van der Waals surface area (Å²) in [6.45, 7) is 0.789. The van der Waals surface area contributed by atoms with Crippen molar-refractivity contribution in [2.45, 2.75) is 56.8 Å². The Bertz CT molecular complexity index is 932. The summed E-state index contributed by atoms with van der Waals surface area (Å²) in [7, 11) is 0. The van der Waals surface area contributed by atoms with E-state index in [1.165, 1.54) is 18.6 Å². The summed E-state index contributed by atoms with van der Waals surface area (Å²) in [5.74, 6) is -0.604. The molecule has 32 heavy (non-hydrogen) atoms. The monoisotopic (exact) mass is 435 g/mol. The first-order valence-corrected chi connectivity index (χ1v) is 11.3. The molecule has 168 valence electrons. The van der Waals surface area contributed by atoms with Crippen LogP contribution in [0.25, 0.3) is 0 Å². The molecule has 0 bridgehead atoms. The van der Waals surface area contributed by atoms with Crippen molar-refractivity contribution in [1.29, 1.82) is 5.26 Å². The lowest BCUT2D eigenvalue weighted by Gasteiger charge is -2.38. The standard InChI is InChI=1S/C26H30FN3O2/c27-22-12-10-21(11-13-22)26(16-5-2-6-17-26)20-29-24(31)14-15-25(32)30(19-7-18-28)23-8-3-1-4-9-23/h1,3-4,8-13H,2,5-7,14-17,19-20H2,(H,29,31). The van der Waals surface area contributed by atoms with E-state index in [0.717, 1.165) is 36.9 Å². The predicted molar refractivity (Wildman–Crippen MR) is 122 cm³/mol. The molecule has 1 fully saturated rings. The van der Waals surface area contributed by atoms with Crippen LogP contribution in [0.1, 0.15) is 56.9 Å². The Hall–Kier alpha value is -3.20. The highest BCUT2D eigenvalue weighted by Crippen LogP contribution is 2.39. The van der Waals surface area contributed by atoms with Crippen molar-refractivity contribution in [2.24, 2.45) is 0 Å². The lowest BCUT2D eigenvalue weighted by molar-refractivity contribution is -0.125. The number of halogens is 1. The van der Waals surface area contributed by atoms with Crippen molar-refractivity contribution >= 4 is 17.5 Å². The SMILES string of the molecule is N#CCCN(C(=O)CCC(=O)NCC1(c2ccc(F)cc2)CCCCC1)c1ccccc1. The van der Waals surface area contributed by atoms with Crippen molar-refractivity contribution in [3.63, 3.8) is 0 Å². The number of carbonyl (C=O) groups is 2. The highest BCUT2D eigenvalue weighted by atomic mass is 19.1. The van der Waals surface area contributed by atoms with Gasteiger partial charge in [-0.05, 0) is 42.7 Å². The Balaban J connectivity index is 1.58. The molecule has 2 aromatic carbocycles. The first-order chi connectivity index (χ1) is 15.5. The normalized spacial score (nSPS) is 14.9. The van der Waals surface area contributed by atoms with E-state index in [9.17, 15) is 14.0 Å². The number of hydrogen-bond donors (Lipinski definition) is 1. The van der Waals surface area contributed by atoms with Gasteiger partial charge >= 0.3 is 0 Å². The lowest BCUT2D eigenvalue weighted by Crippen LogP contribution is -2.42. The van der Waals surface area contributed by atoms with Crippen molar-refractivity contribution in [3.8, 4) is 6.07 Å². The number of nitriles is 1. The fourth-order valence-corrected chi connectivity index (χ4v) is 4.48. The first kappa shape index (κ1) is 23.5. The summed E-state index contributed by atoms with van der Waals surface area (Å²) < 4.78 is 13.4. The van der Waals surface area contributed by atoms with E-state index >= 15 is 0 Å². The third-order valence-electron chi connectivity index (χ3n) is 6.27. The maximum absolute atomic E-state index is 13.4. The highest BCUT2D eigenvalue weighted by molar-refractivity contribution is 5.95. The maximum atomic E-state index is 13.4. The average molecular weight is 436 g/mol. The molecule has 0 aliphatic heterocycles. The molecule has 1 aliphatic rings. The van der Waals surface area contributed by atoms with Gasteiger partial charge in [-0.1, -0.05) is 49.6 Å². The zero-order chi connectivity index (χ0) is 22.8. The zero-order valence-corrected chi connectivity index (χ0v) is 18.4. The van der Waals surface area contributed by atoms with E-state index in [2.05, 4.69) is 11.4 Å². The summed E-state index contributed by atoms with van der Waals surface area (Å²) in [6.07, 6.45) is 5.63. The van der Waals surface area contributed by atoms with E-state index < -0.39 is 0 Å². The number of amides is 2. The van der Waals surface area contributed by atoms with Gasteiger partial charge in [-0.2, -0.15) is 5.26 Å². The topological polar surface area (TPSA) is 73.2 Å². The summed E-state index contributed by atoms with van der Waals surface area (Å²) in [5, 5.41) is 11.9. The Morgan fingerprint density at radius 2 is 1.69 bits per heavy atom. The molecule has 0 saturated heterocycles. The van der Waals surface area contributed by atoms with Crippen LogP contribution in [0.3, 0.4) is 0 Å². The Morgan fingerprint density at radius 3 is 2.34 bits per heavy atom. The van der Waals surface area contributed by atoms with Gasteiger partial charge in [-0.25, -0.2) is 4.39 Å². The Labute approximate surface area is 189 Å². The van der Waals surface area contributed by atoms with Gasteiger partial charge in [0.05, 0.1) is 12.5 Å². The van der Waals surface area contributed by atoms with Crippen LogP contribution in [0.4, 0.5) is 10.1 Å². The minimum absolute atomic E-state index is 0.0791. The van der Waals surface area contributed by atoms with Crippen molar-refractivity contribution < 1.29 is 14.0 Å². The Kier molecular flexibility index (Phi) is 8.38. The summed E-state index contributed by atoms with van der Waals surface area (Å²) in [4.78, 5) is 26.9. The third kappa shape index (κ3) is 6.16. The van der Waals surface area contributed by atoms with E-state index in [1.54, 1.807) is 4.90 Å². The number of hydrogen-bond acceptors (Lipinski definition) is 3. The van der Waals surface area contributed by atoms with E-state index in [4.69, 9.17) is 5.26 Å². The smallest absolute Gasteiger partial charge is 0.227 e. The number of para-hydroxylation sites is 1. The second-order valence-electron chi connectivity index (χ2n) is 8.41. The summed E-state index contributed by atoms with van der Waals surface area (Å²) in [5.41, 5.74) is 1.60. The van der Waals surface area contributed by atoms with Gasteiger partial charge in [0.1, 0.15) is 5.82 Å². The number of anilines is 1. The largest absolute Gasteiger partial charge is 0.355 e. The minimum atomic E-state index is -0.262. The van der Waals surface area contributed by atoms with Crippen LogP contribution >= 0.6 is 0 Å². The molecule has 0 atom stereocenters. The van der Waals surface area contributed by atoms with E-state index in [1.807, 2.05) is 42.5 Å². The molecule has 1 saturated carbocycles. The van der Waals surface area contributed by atoms with Crippen molar-refractivity contribution in [3.05, 3.63) is 66.0 Å².